The Morgan fingerprint density at radius 3 is 2.46 bits per heavy atom. The molecule has 1 heterocycles. The molecule has 1 aliphatic heterocycles. The Morgan fingerprint density at radius 1 is 1.00 bits per heavy atom. The quantitative estimate of drug-likeness (QED) is 0.455. The summed E-state index contributed by atoms with van der Waals surface area (Å²) in [6.07, 6.45) is 5.92. The number of nitrogens with zero attached hydrogens (tertiary/aromatic N) is 2. The first-order chi connectivity index (χ1) is 18.0. The van der Waals surface area contributed by atoms with Gasteiger partial charge in [0.2, 0.25) is 11.8 Å². The predicted octanol–water partition coefficient (Wildman–Crippen LogP) is 5.36. The first kappa shape index (κ1) is 25.0. The lowest BCUT2D eigenvalue weighted by atomic mass is 9.95. The van der Waals surface area contributed by atoms with Gasteiger partial charge in [0.15, 0.2) is 0 Å². The second-order valence-corrected chi connectivity index (χ2v) is 10.3. The van der Waals surface area contributed by atoms with E-state index >= 15 is 0 Å². The van der Waals surface area contributed by atoms with E-state index in [1.165, 1.54) is 6.42 Å². The molecular formula is C31H35N3O3. The Balaban J connectivity index is 1.43. The zero-order valence-corrected chi connectivity index (χ0v) is 21.7. The minimum atomic E-state index is -0.607. The highest BCUT2D eigenvalue weighted by Crippen LogP contribution is 2.37. The molecule has 1 saturated carbocycles. The van der Waals surface area contributed by atoms with E-state index in [2.05, 4.69) is 5.32 Å². The Hall–Kier alpha value is -3.67. The number of aryl methyl sites for hydroxylation is 1. The van der Waals surface area contributed by atoms with Gasteiger partial charge in [-0.3, -0.25) is 19.3 Å². The van der Waals surface area contributed by atoms with Crippen LogP contribution in [0.2, 0.25) is 0 Å². The van der Waals surface area contributed by atoms with Gasteiger partial charge in [0.1, 0.15) is 12.6 Å². The summed E-state index contributed by atoms with van der Waals surface area (Å²) in [6, 6.07) is 19.0. The van der Waals surface area contributed by atoms with Gasteiger partial charge in [-0.1, -0.05) is 74.7 Å². The fraction of sp³-hybridized carbons (Fsp3) is 0.387. The van der Waals surface area contributed by atoms with Crippen LogP contribution in [0.3, 0.4) is 0 Å². The molecule has 1 aliphatic carbocycles. The van der Waals surface area contributed by atoms with Crippen LogP contribution in [0.4, 0.5) is 5.69 Å². The average Bonchev–Trinajstić information content (AvgIpc) is 3.18. The third-order valence-corrected chi connectivity index (χ3v) is 7.88. The van der Waals surface area contributed by atoms with E-state index in [9.17, 15) is 14.4 Å². The molecule has 0 radical (unpaired) electrons. The zero-order chi connectivity index (χ0) is 25.9. The highest BCUT2D eigenvalue weighted by Gasteiger charge is 2.35. The van der Waals surface area contributed by atoms with Gasteiger partial charge < -0.3 is 10.2 Å². The molecule has 37 heavy (non-hydrogen) atoms. The van der Waals surface area contributed by atoms with E-state index in [1.54, 1.807) is 9.80 Å². The lowest BCUT2D eigenvalue weighted by Gasteiger charge is -2.34. The first-order valence-electron chi connectivity index (χ1n) is 13.5. The molecule has 3 amide bonds. The van der Waals surface area contributed by atoms with Crippen molar-refractivity contribution in [2.45, 2.75) is 71.0 Å². The summed E-state index contributed by atoms with van der Waals surface area (Å²) in [7, 11) is 0. The molecule has 0 spiro atoms. The van der Waals surface area contributed by atoms with Crippen LogP contribution in [-0.2, 0) is 16.1 Å². The van der Waals surface area contributed by atoms with Crippen LogP contribution < -0.4 is 10.2 Å². The molecule has 192 valence electrons. The van der Waals surface area contributed by atoms with Crippen molar-refractivity contribution in [1.29, 1.82) is 0 Å². The topological polar surface area (TPSA) is 69.7 Å². The van der Waals surface area contributed by atoms with Gasteiger partial charge in [0.25, 0.3) is 5.91 Å². The molecule has 6 nitrogen and oxygen atoms in total. The smallest absolute Gasteiger partial charge is 0.259 e. The molecular weight excluding hydrogens is 462 g/mol. The lowest BCUT2D eigenvalue weighted by Crippen LogP contribution is -2.53. The van der Waals surface area contributed by atoms with E-state index in [0.29, 0.717) is 18.5 Å². The van der Waals surface area contributed by atoms with E-state index in [1.807, 2.05) is 74.5 Å². The lowest BCUT2D eigenvalue weighted by molar-refractivity contribution is -0.140. The Kier molecular flexibility index (Phi) is 7.26. The van der Waals surface area contributed by atoms with Gasteiger partial charge in [0, 0.05) is 23.5 Å². The molecule has 3 aromatic carbocycles. The van der Waals surface area contributed by atoms with Crippen molar-refractivity contribution in [3.8, 4) is 0 Å². The van der Waals surface area contributed by atoms with Crippen molar-refractivity contribution < 1.29 is 14.4 Å². The van der Waals surface area contributed by atoms with Gasteiger partial charge in [0.05, 0.1) is 5.69 Å². The van der Waals surface area contributed by atoms with E-state index in [4.69, 9.17) is 0 Å². The van der Waals surface area contributed by atoms with Crippen LogP contribution in [0.5, 0.6) is 0 Å². The van der Waals surface area contributed by atoms with Gasteiger partial charge in [-0.2, -0.15) is 0 Å². The summed E-state index contributed by atoms with van der Waals surface area (Å²) < 4.78 is 0. The largest absolute Gasteiger partial charge is 0.352 e. The number of nitrogens with one attached hydrogen (secondary N) is 1. The van der Waals surface area contributed by atoms with Crippen LogP contribution in [0.15, 0.2) is 60.7 Å². The molecule has 1 N–H and O–H groups in total. The van der Waals surface area contributed by atoms with Crippen molar-refractivity contribution >= 4 is 34.2 Å². The van der Waals surface area contributed by atoms with Gasteiger partial charge >= 0.3 is 0 Å². The normalized spacial score (nSPS) is 16.2. The zero-order valence-electron chi connectivity index (χ0n) is 21.7. The molecule has 2 aliphatic rings. The van der Waals surface area contributed by atoms with E-state index in [-0.39, 0.29) is 30.3 Å². The maximum atomic E-state index is 14.0. The molecule has 0 bridgehead atoms. The van der Waals surface area contributed by atoms with Crippen LogP contribution in [-0.4, -0.2) is 41.2 Å². The summed E-state index contributed by atoms with van der Waals surface area (Å²) in [5.41, 5.74) is 3.44. The molecule has 5 rings (SSSR count). The molecule has 1 fully saturated rings. The van der Waals surface area contributed by atoms with Crippen molar-refractivity contribution in [3.63, 3.8) is 0 Å². The Morgan fingerprint density at radius 2 is 1.73 bits per heavy atom. The molecule has 0 aromatic heterocycles. The third kappa shape index (κ3) is 4.97. The minimum Gasteiger partial charge on any atom is -0.352 e. The molecule has 0 unspecified atom stereocenters. The highest BCUT2D eigenvalue weighted by molar-refractivity contribution is 6.26. The molecule has 1 atom stereocenters. The number of hydrogen-bond acceptors (Lipinski definition) is 3. The fourth-order valence-corrected chi connectivity index (χ4v) is 5.80. The van der Waals surface area contributed by atoms with E-state index < -0.39 is 6.04 Å². The van der Waals surface area contributed by atoms with E-state index in [0.717, 1.165) is 53.3 Å². The van der Waals surface area contributed by atoms with Crippen LogP contribution in [0, 0.1) is 6.92 Å². The molecule has 0 saturated heterocycles. The van der Waals surface area contributed by atoms with Gasteiger partial charge in [-0.25, -0.2) is 0 Å². The Labute approximate surface area is 218 Å². The Bertz CT molecular complexity index is 1320. The maximum Gasteiger partial charge on any atom is 0.259 e. The van der Waals surface area contributed by atoms with Crippen LogP contribution >= 0.6 is 0 Å². The highest BCUT2D eigenvalue weighted by atomic mass is 16.2. The number of carbonyl (C=O) groups excluding carboxylic acids is 3. The third-order valence-electron chi connectivity index (χ3n) is 7.88. The van der Waals surface area contributed by atoms with Gasteiger partial charge in [-0.15, -0.1) is 0 Å². The number of rotatable bonds is 8. The van der Waals surface area contributed by atoms with Crippen LogP contribution in [0.25, 0.3) is 10.8 Å². The summed E-state index contributed by atoms with van der Waals surface area (Å²) in [6.45, 7) is 4.18. The summed E-state index contributed by atoms with van der Waals surface area (Å²) >= 11 is 0. The molecule has 3 aromatic rings. The summed E-state index contributed by atoms with van der Waals surface area (Å²) in [4.78, 5) is 44.1. The number of amides is 3. The average molecular weight is 498 g/mol. The maximum absolute atomic E-state index is 14.0. The second-order valence-electron chi connectivity index (χ2n) is 10.3. The fourth-order valence-electron chi connectivity index (χ4n) is 5.80. The number of carbonyl (C=O) groups is 3. The first-order valence-corrected chi connectivity index (χ1v) is 13.5. The number of benzene rings is 3. The van der Waals surface area contributed by atoms with Crippen LogP contribution in [0.1, 0.15) is 66.9 Å². The monoisotopic (exact) mass is 497 g/mol. The second kappa shape index (κ2) is 10.8. The number of hydrogen-bond donors (Lipinski definition) is 1. The van der Waals surface area contributed by atoms with Crippen molar-refractivity contribution in [3.05, 3.63) is 77.4 Å². The molecule has 6 heteroatoms. The van der Waals surface area contributed by atoms with Crippen molar-refractivity contribution in [2.75, 3.05) is 11.4 Å². The predicted molar refractivity (Wildman–Crippen MR) is 146 cm³/mol. The SMILES string of the molecule is CC[C@H](C(=O)NC1CCCCC1)N(Cc1ccccc1C)C(=O)CN1C(=O)c2cccc3cccc1c23. The van der Waals surface area contributed by atoms with Crippen molar-refractivity contribution in [1.82, 2.24) is 10.2 Å². The summed E-state index contributed by atoms with van der Waals surface area (Å²) in [5, 5.41) is 5.09. The summed E-state index contributed by atoms with van der Waals surface area (Å²) in [5.74, 6) is -0.503. The standard InChI is InChI=1S/C31H35N3O3/c1-3-26(30(36)32-24-15-5-4-6-16-24)33(19-23-12-8-7-11-21(23)2)28(35)20-34-27-18-10-14-22-13-9-17-25(29(22)27)31(34)37/h7-14,17-18,24,26H,3-6,15-16,19-20H2,1-2H3,(H,32,36)/t26-/m1/s1. The number of anilines is 1. The minimum absolute atomic E-state index is 0.102. The van der Waals surface area contributed by atoms with Crippen molar-refractivity contribution in [2.24, 2.45) is 0 Å². The van der Waals surface area contributed by atoms with Gasteiger partial charge in [-0.05, 0) is 54.8 Å².